The lowest BCUT2D eigenvalue weighted by Crippen LogP contribution is -2.49. The maximum atomic E-state index is 12.1. The van der Waals surface area contributed by atoms with Crippen molar-refractivity contribution in [2.45, 2.75) is 52.0 Å². The number of rotatable bonds is 4. The largest absolute Gasteiger partial charge is 0.480 e. The Bertz CT molecular complexity index is 265. The molecule has 1 unspecified atom stereocenters. The third-order valence-electron chi connectivity index (χ3n) is 3.21. The highest BCUT2D eigenvalue weighted by Crippen LogP contribution is 2.21. The molecule has 2 atom stereocenters. The van der Waals surface area contributed by atoms with Gasteiger partial charge >= 0.3 is 5.97 Å². The molecule has 1 rings (SSSR count). The van der Waals surface area contributed by atoms with Gasteiger partial charge < -0.3 is 10.0 Å². The second-order valence-electron chi connectivity index (χ2n) is 4.57. The van der Waals surface area contributed by atoms with E-state index in [0.29, 0.717) is 13.0 Å². The number of carbonyl (C=O) groups excluding carboxylic acids is 1. The van der Waals surface area contributed by atoms with Crippen LogP contribution in [0.25, 0.3) is 0 Å². The van der Waals surface area contributed by atoms with Gasteiger partial charge in [0.1, 0.15) is 6.04 Å². The highest BCUT2D eigenvalue weighted by atomic mass is 16.4. The van der Waals surface area contributed by atoms with E-state index in [9.17, 15) is 9.59 Å². The van der Waals surface area contributed by atoms with Gasteiger partial charge in [0.25, 0.3) is 0 Å². The molecule has 4 heteroatoms. The van der Waals surface area contributed by atoms with Gasteiger partial charge in [0, 0.05) is 12.5 Å². The minimum absolute atomic E-state index is 0.00829. The van der Waals surface area contributed by atoms with Gasteiger partial charge in [-0.2, -0.15) is 0 Å². The Morgan fingerprint density at radius 1 is 1.44 bits per heavy atom. The van der Waals surface area contributed by atoms with E-state index < -0.39 is 12.0 Å². The smallest absolute Gasteiger partial charge is 0.326 e. The van der Waals surface area contributed by atoms with Gasteiger partial charge in [0.05, 0.1) is 0 Å². The lowest BCUT2D eigenvalue weighted by Gasteiger charge is -2.34. The number of hydrogen-bond acceptors (Lipinski definition) is 2. The van der Waals surface area contributed by atoms with Crippen LogP contribution in [0.4, 0.5) is 0 Å². The molecule has 1 heterocycles. The lowest BCUT2D eigenvalue weighted by atomic mass is 9.98. The first-order chi connectivity index (χ1) is 7.57. The number of carboxylic acids is 1. The summed E-state index contributed by atoms with van der Waals surface area (Å²) >= 11 is 0. The highest BCUT2D eigenvalue weighted by molar-refractivity contribution is 5.85. The maximum absolute atomic E-state index is 12.1. The third kappa shape index (κ3) is 2.97. The SMILES string of the molecule is CCCC(C)C(=O)N1CCCC[C@H]1C(=O)O. The summed E-state index contributed by atoms with van der Waals surface area (Å²) in [5, 5.41) is 9.08. The lowest BCUT2D eigenvalue weighted by molar-refractivity contribution is -0.153. The number of amides is 1. The minimum Gasteiger partial charge on any atom is -0.480 e. The molecule has 0 aromatic heterocycles. The second-order valence-corrected chi connectivity index (χ2v) is 4.57. The van der Waals surface area contributed by atoms with Gasteiger partial charge in [-0.05, 0) is 25.7 Å². The molecule has 16 heavy (non-hydrogen) atoms. The average Bonchev–Trinajstić information content (AvgIpc) is 2.28. The molecular formula is C12H21NO3. The van der Waals surface area contributed by atoms with Gasteiger partial charge in [0.15, 0.2) is 0 Å². The minimum atomic E-state index is -0.864. The summed E-state index contributed by atoms with van der Waals surface area (Å²) in [5.74, 6) is -0.907. The Morgan fingerprint density at radius 2 is 2.12 bits per heavy atom. The number of hydrogen-bond donors (Lipinski definition) is 1. The van der Waals surface area contributed by atoms with Crippen LogP contribution in [-0.4, -0.2) is 34.5 Å². The standard InChI is InChI=1S/C12H21NO3/c1-3-6-9(2)11(14)13-8-5-4-7-10(13)12(15)16/h9-10H,3-8H2,1-2H3,(H,15,16)/t9?,10-/m0/s1. The highest BCUT2D eigenvalue weighted by Gasteiger charge is 2.33. The van der Waals surface area contributed by atoms with Crippen LogP contribution in [-0.2, 0) is 9.59 Å². The Hall–Kier alpha value is -1.06. The Labute approximate surface area is 96.6 Å². The summed E-state index contributed by atoms with van der Waals surface area (Å²) in [5.41, 5.74) is 0. The molecule has 0 bridgehead atoms. The first-order valence-corrected chi connectivity index (χ1v) is 6.11. The van der Waals surface area contributed by atoms with Crippen LogP contribution in [0, 0.1) is 5.92 Å². The Morgan fingerprint density at radius 3 is 2.69 bits per heavy atom. The Balaban J connectivity index is 2.67. The van der Waals surface area contributed by atoms with Crippen molar-refractivity contribution in [2.24, 2.45) is 5.92 Å². The van der Waals surface area contributed by atoms with Gasteiger partial charge in [-0.1, -0.05) is 20.3 Å². The number of carboxylic acid groups (broad SMARTS) is 1. The molecule has 0 aromatic carbocycles. The van der Waals surface area contributed by atoms with Crippen LogP contribution in [0.2, 0.25) is 0 Å². The third-order valence-corrected chi connectivity index (χ3v) is 3.21. The summed E-state index contributed by atoms with van der Waals surface area (Å²) in [6.45, 7) is 4.53. The summed E-state index contributed by atoms with van der Waals surface area (Å²) in [7, 11) is 0. The van der Waals surface area contributed by atoms with Crippen molar-refractivity contribution < 1.29 is 14.7 Å². The number of piperidine rings is 1. The molecule has 1 N–H and O–H groups in total. The van der Waals surface area contributed by atoms with Crippen molar-refractivity contribution in [1.82, 2.24) is 4.90 Å². The zero-order chi connectivity index (χ0) is 12.1. The quantitative estimate of drug-likeness (QED) is 0.797. The van der Waals surface area contributed by atoms with Gasteiger partial charge in [-0.15, -0.1) is 0 Å². The van der Waals surface area contributed by atoms with E-state index in [1.807, 2.05) is 13.8 Å². The van der Waals surface area contributed by atoms with Gasteiger partial charge in [-0.3, -0.25) is 4.79 Å². The Kier molecular flexibility index (Phi) is 4.77. The van der Waals surface area contributed by atoms with Crippen LogP contribution in [0.5, 0.6) is 0 Å². The zero-order valence-electron chi connectivity index (χ0n) is 10.1. The van der Waals surface area contributed by atoms with Crippen LogP contribution >= 0.6 is 0 Å². The molecular weight excluding hydrogens is 206 g/mol. The molecule has 0 spiro atoms. The molecule has 4 nitrogen and oxygen atoms in total. The molecule has 0 saturated carbocycles. The fourth-order valence-corrected chi connectivity index (χ4v) is 2.29. The van der Waals surface area contributed by atoms with E-state index in [0.717, 1.165) is 25.7 Å². The fourth-order valence-electron chi connectivity index (χ4n) is 2.29. The summed E-state index contributed by atoms with van der Waals surface area (Å²) in [6, 6.07) is -0.597. The van der Waals surface area contributed by atoms with Crippen molar-refractivity contribution in [1.29, 1.82) is 0 Å². The van der Waals surface area contributed by atoms with Crippen LogP contribution in [0.15, 0.2) is 0 Å². The summed E-state index contributed by atoms with van der Waals surface area (Å²) < 4.78 is 0. The molecule has 92 valence electrons. The van der Waals surface area contributed by atoms with E-state index in [1.54, 1.807) is 4.90 Å². The molecule has 1 aliphatic rings. The van der Waals surface area contributed by atoms with E-state index in [4.69, 9.17) is 5.11 Å². The number of likely N-dealkylation sites (tertiary alicyclic amines) is 1. The summed E-state index contributed by atoms with van der Waals surface area (Å²) in [4.78, 5) is 24.7. The van der Waals surface area contributed by atoms with Gasteiger partial charge in [-0.25, -0.2) is 4.79 Å². The molecule has 1 saturated heterocycles. The van der Waals surface area contributed by atoms with Crippen LogP contribution in [0.3, 0.4) is 0 Å². The second kappa shape index (κ2) is 5.87. The van der Waals surface area contributed by atoms with Crippen molar-refractivity contribution in [3.05, 3.63) is 0 Å². The number of aliphatic carboxylic acids is 1. The molecule has 0 radical (unpaired) electrons. The number of nitrogens with zero attached hydrogens (tertiary/aromatic N) is 1. The van der Waals surface area contributed by atoms with E-state index in [-0.39, 0.29) is 11.8 Å². The molecule has 1 fully saturated rings. The van der Waals surface area contributed by atoms with Crippen LogP contribution in [0.1, 0.15) is 46.0 Å². The van der Waals surface area contributed by atoms with Crippen molar-refractivity contribution >= 4 is 11.9 Å². The first-order valence-electron chi connectivity index (χ1n) is 6.11. The molecule has 1 aliphatic heterocycles. The van der Waals surface area contributed by atoms with Crippen LogP contribution < -0.4 is 0 Å². The predicted octanol–water partition coefficient (Wildman–Crippen LogP) is 1.89. The molecule has 1 amide bonds. The molecule has 0 aromatic rings. The van der Waals surface area contributed by atoms with E-state index in [2.05, 4.69) is 0 Å². The summed E-state index contributed by atoms with van der Waals surface area (Å²) in [6.07, 6.45) is 4.22. The average molecular weight is 227 g/mol. The maximum Gasteiger partial charge on any atom is 0.326 e. The topological polar surface area (TPSA) is 57.6 Å². The van der Waals surface area contributed by atoms with Crippen molar-refractivity contribution in [3.8, 4) is 0 Å². The van der Waals surface area contributed by atoms with Crippen molar-refractivity contribution in [3.63, 3.8) is 0 Å². The van der Waals surface area contributed by atoms with E-state index in [1.165, 1.54) is 0 Å². The van der Waals surface area contributed by atoms with Crippen molar-refractivity contribution in [2.75, 3.05) is 6.54 Å². The van der Waals surface area contributed by atoms with Gasteiger partial charge in [0.2, 0.25) is 5.91 Å². The predicted molar refractivity (Wildman–Crippen MR) is 61.1 cm³/mol. The zero-order valence-corrected chi connectivity index (χ0v) is 10.1. The monoisotopic (exact) mass is 227 g/mol. The fraction of sp³-hybridized carbons (Fsp3) is 0.833. The first kappa shape index (κ1) is 13.0. The molecule has 0 aliphatic carbocycles. The number of carbonyl (C=O) groups is 2. The normalized spacial score (nSPS) is 22.9. The van der Waals surface area contributed by atoms with E-state index >= 15 is 0 Å².